The van der Waals surface area contributed by atoms with Gasteiger partial charge in [-0.15, -0.1) is 18.2 Å². The molecule has 0 atom stereocenters. The molecular weight excluding hydrogens is 736 g/mol. The molecule has 0 unspecified atom stereocenters. The SMILES string of the molecule is [2H]C(C)(C)c1ccnc(-c2[c-]ccc3c2oc2cccc(F)c23)c1.[CH3][Ge]([CH3])([CH3])[c]1ccc(-c2[c-]cccc2)nc1.[Ir]. The maximum absolute atomic E-state index is 14.2. The maximum atomic E-state index is 14.2. The smallest absolute Gasteiger partial charge is 0 e. The Morgan fingerprint density at radius 2 is 1.73 bits per heavy atom. The second-order valence-electron chi connectivity index (χ2n) is 10.7. The van der Waals surface area contributed by atoms with Crippen LogP contribution in [0.25, 0.3) is 44.5 Å². The Labute approximate surface area is 253 Å². The zero-order valence-corrected chi connectivity index (χ0v) is 27.7. The van der Waals surface area contributed by atoms with Gasteiger partial charge in [-0.25, -0.2) is 4.39 Å². The van der Waals surface area contributed by atoms with Crippen LogP contribution in [-0.2, 0) is 20.1 Å². The summed E-state index contributed by atoms with van der Waals surface area (Å²) in [5.74, 6) is 6.10. The molecular formula is C34H31FGeIrN2O-2. The minimum absolute atomic E-state index is 0. The molecule has 0 saturated heterocycles. The topological polar surface area (TPSA) is 38.9 Å². The molecule has 0 fully saturated rings. The fraction of sp³-hybridized carbons (Fsp3) is 0.176. The molecule has 3 aromatic carbocycles. The molecule has 0 amide bonds. The van der Waals surface area contributed by atoms with Crippen LogP contribution in [0.1, 0.15) is 26.7 Å². The fourth-order valence-corrected chi connectivity index (χ4v) is 6.54. The zero-order chi connectivity index (χ0) is 28.5. The van der Waals surface area contributed by atoms with Crippen LogP contribution in [0.3, 0.4) is 0 Å². The summed E-state index contributed by atoms with van der Waals surface area (Å²) in [5, 5.41) is 1.17. The number of hydrogen-bond donors (Lipinski definition) is 0. The van der Waals surface area contributed by atoms with Gasteiger partial charge in [0, 0.05) is 33.1 Å². The number of rotatable bonds is 4. The van der Waals surface area contributed by atoms with E-state index >= 15 is 0 Å². The van der Waals surface area contributed by atoms with Gasteiger partial charge in [0.25, 0.3) is 0 Å². The van der Waals surface area contributed by atoms with Gasteiger partial charge in [0.15, 0.2) is 0 Å². The summed E-state index contributed by atoms with van der Waals surface area (Å²) in [7, 11) is 0. The van der Waals surface area contributed by atoms with Crippen molar-refractivity contribution in [1.82, 2.24) is 9.97 Å². The van der Waals surface area contributed by atoms with Crippen molar-refractivity contribution in [2.75, 3.05) is 0 Å². The van der Waals surface area contributed by atoms with E-state index in [9.17, 15) is 4.39 Å². The van der Waals surface area contributed by atoms with E-state index in [4.69, 9.17) is 5.79 Å². The Morgan fingerprint density at radius 1 is 0.900 bits per heavy atom. The molecule has 6 heteroatoms. The first kappa shape index (κ1) is 28.4. The van der Waals surface area contributed by atoms with Crippen molar-refractivity contribution in [2.45, 2.75) is 37.0 Å². The molecule has 0 aliphatic carbocycles. The number of benzene rings is 3. The first-order valence-electron chi connectivity index (χ1n) is 13.4. The molecule has 6 aromatic rings. The van der Waals surface area contributed by atoms with Crippen molar-refractivity contribution in [3.05, 3.63) is 115 Å². The Morgan fingerprint density at radius 3 is 2.40 bits per heavy atom. The van der Waals surface area contributed by atoms with Crippen molar-refractivity contribution in [3.63, 3.8) is 0 Å². The van der Waals surface area contributed by atoms with E-state index in [1.165, 1.54) is 10.5 Å². The molecule has 40 heavy (non-hydrogen) atoms. The minimum Gasteiger partial charge on any atom is 0 e. The van der Waals surface area contributed by atoms with Gasteiger partial charge in [-0.3, -0.25) is 0 Å². The average Bonchev–Trinajstić information content (AvgIpc) is 3.33. The van der Waals surface area contributed by atoms with Gasteiger partial charge in [0.2, 0.25) is 0 Å². The number of fused-ring (bicyclic) bond motifs is 3. The van der Waals surface area contributed by atoms with Crippen molar-refractivity contribution < 1.29 is 30.3 Å². The Balaban J connectivity index is 0.000000200. The number of pyridine rings is 2. The standard InChI is InChI=1S/C20H15FNO.C14H16GeN.Ir/c1-12(2)13-9-10-22-17(11-13)14-5-3-6-15-19-16(21)7-4-8-18(19)23-20(14)15;1-15(2,3)13-9-10-14(16-11-13)12-7-5-4-6-8-12;/h3-4,6-12H,1-2H3;4-7,9-11H,1-3H3;/q2*-1;/i12D;;. The predicted octanol–water partition coefficient (Wildman–Crippen LogP) is 8.80. The molecule has 1 radical (unpaired) electrons. The second-order valence-corrected chi connectivity index (χ2v) is 21.4. The van der Waals surface area contributed by atoms with Gasteiger partial charge in [-0.2, -0.15) is 0 Å². The fourth-order valence-electron chi connectivity index (χ4n) is 4.37. The Bertz CT molecular complexity index is 1780. The first-order valence-corrected chi connectivity index (χ1v) is 20.3. The van der Waals surface area contributed by atoms with Gasteiger partial charge < -0.3 is 9.40 Å². The third kappa shape index (κ3) is 6.44. The van der Waals surface area contributed by atoms with Gasteiger partial charge in [0.1, 0.15) is 11.4 Å². The van der Waals surface area contributed by atoms with Crippen molar-refractivity contribution in [3.8, 4) is 22.5 Å². The molecule has 0 N–H and O–H groups in total. The molecule has 0 spiro atoms. The summed E-state index contributed by atoms with van der Waals surface area (Å²) in [6.07, 6.45) is 3.72. The largest absolute Gasteiger partial charge is 0 e. The van der Waals surface area contributed by atoms with E-state index in [1.807, 2.05) is 56.4 Å². The molecule has 205 valence electrons. The number of halogens is 1. The van der Waals surface area contributed by atoms with Gasteiger partial charge in [-0.05, 0) is 29.8 Å². The second kappa shape index (κ2) is 12.6. The molecule has 0 aliphatic rings. The number of furan rings is 1. The third-order valence-electron chi connectivity index (χ3n) is 6.61. The summed E-state index contributed by atoms with van der Waals surface area (Å²) >= 11 is -1.72. The summed E-state index contributed by atoms with van der Waals surface area (Å²) < 4.78 is 29.7. The quantitative estimate of drug-likeness (QED) is 0.133. The van der Waals surface area contributed by atoms with E-state index in [0.29, 0.717) is 33.2 Å². The van der Waals surface area contributed by atoms with Crippen LogP contribution in [0.4, 0.5) is 4.39 Å². The molecule has 0 aliphatic heterocycles. The van der Waals surface area contributed by atoms with Crippen LogP contribution in [0, 0.1) is 17.9 Å². The van der Waals surface area contributed by atoms with Gasteiger partial charge >= 0.3 is 99.8 Å². The Kier molecular flexibility index (Phi) is 8.94. The third-order valence-corrected chi connectivity index (χ3v) is 10.9. The molecule has 0 bridgehead atoms. The molecule has 3 aromatic heterocycles. The van der Waals surface area contributed by atoms with Crippen LogP contribution in [-0.4, -0.2) is 23.2 Å². The van der Waals surface area contributed by atoms with Crippen LogP contribution in [0.5, 0.6) is 0 Å². The van der Waals surface area contributed by atoms with Crippen molar-refractivity contribution in [1.29, 1.82) is 0 Å². The van der Waals surface area contributed by atoms with Gasteiger partial charge in [0.05, 0.1) is 5.58 Å². The van der Waals surface area contributed by atoms with E-state index in [2.05, 4.69) is 51.5 Å². The molecule has 3 nitrogen and oxygen atoms in total. The van der Waals surface area contributed by atoms with E-state index in [0.717, 1.165) is 16.8 Å². The summed E-state index contributed by atoms with van der Waals surface area (Å²) in [5.41, 5.74) is 5.33. The number of hydrogen-bond acceptors (Lipinski definition) is 3. The predicted molar refractivity (Wildman–Crippen MR) is 161 cm³/mol. The number of aromatic nitrogens is 2. The van der Waals surface area contributed by atoms with Gasteiger partial charge in [-0.1, -0.05) is 42.5 Å². The first-order chi connectivity index (χ1) is 19.0. The molecule has 3 heterocycles. The average molecular weight is 768 g/mol. The van der Waals surface area contributed by atoms with Crippen molar-refractivity contribution in [2.24, 2.45) is 0 Å². The number of nitrogens with zero attached hydrogens (tertiary/aromatic N) is 2. The molecule has 6 rings (SSSR count). The summed E-state index contributed by atoms with van der Waals surface area (Å²) in [4.78, 5) is 8.93. The van der Waals surface area contributed by atoms with Crippen molar-refractivity contribution >= 4 is 39.6 Å². The van der Waals surface area contributed by atoms with E-state index < -0.39 is 19.2 Å². The Hall–Kier alpha value is -3.12. The van der Waals surface area contributed by atoms with E-state index in [-0.39, 0.29) is 25.9 Å². The molecule has 0 saturated carbocycles. The monoisotopic (exact) mass is 770 g/mol. The van der Waals surface area contributed by atoms with Crippen LogP contribution in [0.2, 0.25) is 17.3 Å². The zero-order valence-electron chi connectivity index (χ0n) is 24.2. The van der Waals surface area contributed by atoms with Crippen LogP contribution in [0.15, 0.2) is 95.7 Å². The van der Waals surface area contributed by atoms with E-state index in [1.54, 1.807) is 30.5 Å². The normalized spacial score (nSPS) is 11.9. The van der Waals surface area contributed by atoms with Crippen LogP contribution >= 0.6 is 0 Å². The summed E-state index contributed by atoms with van der Waals surface area (Å²) in [6.45, 7) is 3.65. The minimum atomic E-state index is -1.72. The maximum Gasteiger partial charge on any atom is 0 e. The van der Waals surface area contributed by atoms with Crippen LogP contribution < -0.4 is 4.40 Å². The summed E-state index contributed by atoms with van der Waals surface area (Å²) in [6, 6.07) is 30.7.